The SMILES string of the molecule is O=C(NCc1c(F)cccc1Cl)c1c(Cl)cccc1Cl. The zero-order valence-corrected chi connectivity index (χ0v) is 12.4. The van der Waals surface area contributed by atoms with E-state index >= 15 is 0 Å². The Hall–Kier alpha value is -1.29. The lowest BCUT2D eigenvalue weighted by Gasteiger charge is -2.10. The van der Waals surface area contributed by atoms with E-state index in [9.17, 15) is 9.18 Å². The van der Waals surface area contributed by atoms with E-state index in [0.717, 1.165) is 0 Å². The summed E-state index contributed by atoms with van der Waals surface area (Å²) in [6.07, 6.45) is 0. The first-order valence-corrected chi connectivity index (χ1v) is 6.79. The Labute approximate surface area is 130 Å². The molecule has 0 aliphatic heterocycles. The van der Waals surface area contributed by atoms with Gasteiger partial charge in [0.1, 0.15) is 5.82 Å². The summed E-state index contributed by atoms with van der Waals surface area (Å²) in [6, 6.07) is 9.06. The van der Waals surface area contributed by atoms with Crippen LogP contribution < -0.4 is 5.32 Å². The highest BCUT2D eigenvalue weighted by Gasteiger charge is 2.15. The third kappa shape index (κ3) is 3.23. The third-order valence-corrected chi connectivity index (χ3v) is 3.66. The van der Waals surface area contributed by atoms with E-state index in [1.54, 1.807) is 24.3 Å². The Kier molecular flexibility index (Phi) is 4.86. The van der Waals surface area contributed by atoms with Crippen molar-refractivity contribution < 1.29 is 9.18 Å². The van der Waals surface area contributed by atoms with Gasteiger partial charge in [-0.2, -0.15) is 0 Å². The van der Waals surface area contributed by atoms with E-state index in [1.807, 2.05) is 0 Å². The smallest absolute Gasteiger partial charge is 0.254 e. The van der Waals surface area contributed by atoms with Crippen LogP contribution in [0.3, 0.4) is 0 Å². The fraction of sp³-hybridized carbons (Fsp3) is 0.0714. The van der Waals surface area contributed by atoms with Gasteiger partial charge in [0, 0.05) is 17.1 Å². The summed E-state index contributed by atoms with van der Waals surface area (Å²) < 4.78 is 13.6. The van der Waals surface area contributed by atoms with Crippen molar-refractivity contribution in [2.45, 2.75) is 6.54 Å². The fourth-order valence-electron chi connectivity index (χ4n) is 1.67. The number of halogens is 4. The van der Waals surface area contributed by atoms with E-state index < -0.39 is 11.7 Å². The van der Waals surface area contributed by atoms with Crippen molar-refractivity contribution in [3.05, 3.63) is 68.4 Å². The predicted octanol–water partition coefficient (Wildman–Crippen LogP) is 4.72. The Morgan fingerprint density at radius 1 is 1.00 bits per heavy atom. The minimum Gasteiger partial charge on any atom is -0.348 e. The van der Waals surface area contributed by atoms with Crippen LogP contribution in [0.25, 0.3) is 0 Å². The number of rotatable bonds is 3. The Balaban J connectivity index is 2.17. The summed E-state index contributed by atoms with van der Waals surface area (Å²) in [5.74, 6) is -0.969. The molecule has 0 atom stereocenters. The molecular formula is C14H9Cl3FNO. The first kappa shape index (κ1) is 15.1. The van der Waals surface area contributed by atoms with E-state index in [-0.39, 0.29) is 32.7 Å². The Bertz CT molecular complexity index is 620. The largest absolute Gasteiger partial charge is 0.348 e. The number of carbonyl (C=O) groups excluding carboxylic acids is 1. The molecule has 0 spiro atoms. The lowest BCUT2D eigenvalue weighted by molar-refractivity contribution is 0.0951. The van der Waals surface area contributed by atoms with Crippen molar-refractivity contribution in [2.75, 3.05) is 0 Å². The second-order valence-corrected chi connectivity index (χ2v) is 5.20. The number of nitrogens with one attached hydrogen (secondary N) is 1. The van der Waals surface area contributed by atoms with E-state index in [1.165, 1.54) is 12.1 Å². The molecule has 2 nitrogen and oxygen atoms in total. The van der Waals surface area contributed by atoms with Gasteiger partial charge in [0.2, 0.25) is 0 Å². The van der Waals surface area contributed by atoms with Gasteiger partial charge in [-0.25, -0.2) is 4.39 Å². The highest BCUT2D eigenvalue weighted by atomic mass is 35.5. The Morgan fingerprint density at radius 2 is 1.55 bits per heavy atom. The average molecular weight is 333 g/mol. The molecule has 20 heavy (non-hydrogen) atoms. The minimum absolute atomic E-state index is 0.0497. The molecule has 0 aliphatic carbocycles. The first-order valence-electron chi connectivity index (χ1n) is 5.66. The van der Waals surface area contributed by atoms with Crippen molar-refractivity contribution in [2.24, 2.45) is 0 Å². The van der Waals surface area contributed by atoms with Gasteiger partial charge in [0.25, 0.3) is 5.91 Å². The topological polar surface area (TPSA) is 29.1 Å². The van der Waals surface area contributed by atoms with Crippen LogP contribution >= 0.6 is 34.8 Å². The van der Waals surface area contributed by atoms with E-state index in [2.05, 4.69) is 5.32 Å². The summed E-state index contributed by atoms with van der Waals surface area (Å²) >= 11 is 17.7. The number of benzene rings is 2. The van der Waals surface area contributed by atoms with Crippen LogP contribution in [-0.2, 0) is 6.54 Å². The number of hydrogen-bond donors (Lipinski definition) is 1. The molecule has 0 fully saturated rings. The lowest BCUT2D eigenvalue weighted by atomic mass is 10.2. The molecule has 0 radical (unpaired) electrons. The van der Waals surface area contributed by atoms with Crippen molar-refractivity contribution in [3.8, 4) is 0 Å². The maximum Gasteiger partial charge on any atom is 0.254 e. The van der Waals surface area contributed by atoms with Gasteiger partial charge in [-0.3, -0.25) is 4.79 Å². The monoisotopic (exact) mass is 331 g/mol. The molecular weight excluding hydrogens is 324 g/mol. The van der Waals surface area contributed by atoms with Gasteiger partial charge in [0.05, 0.1) is 15.6 Å². The van der Waals surface area contributed by atoms with Gasteiger partial charge >= 0.3 is 0 Å². The van der Waals surface area contributed by atoms with E-state index in [4.69, 9.17) is 34.8 Å². The van der Waals surface area contributed by atoms with Gasteiger partial charge in [-0.05, 0) is 24.3 Å². The van der Waals surface area contributed by atoms with Gasteiger partial charge < -0.3 is 5.32 Å². The molecule has 0 heterocycles. The van der Waals surface area contributed by atoms with Crippen molar-refractivity contribution >= 4 is 40.7 Å². The molecule has 2 aromatic carbocycles. The zero-order chi connectivity index (χ0) is 14.7. The molecule has 0 unspecified atom stereocenters. The van der Waals surface area contributed by atoms with Crippen LogP contribution in [0.15, 0.2) is 36.4 Å². The lowest BCUT2D eigenvalue weighted by Crippen LogP contribution is -2.24. The van der Waals surface area contributed by atoms with Crippen LogP contribution in [0, 0.1) is 5.82 Å². The highest BCUT2D eigenvalue weighted by molar-refractivity contribution is 6.39. The number of hydrogen-bond acceptors (Lipinski definition) is 1. The van der Waals surface area contributed by atoms with Gasteiger partial charge in [-0.15, -0.1) is 0 Å². The summed E-state index contributed by atoms with van der Waals surface area (Å²) in [6.45, 7) is -0.0497. The summed E-state index contributed by atoms with van der Waals surface area (Å²) in [5, 5.41) is 3.25. The average Bonchev–Trinajstić information content (AvgIpc) is 2.38. The molecule has 0 aromatic heterocycles. The van der Waals surface area contributed by atoms with Crippen LogP contribution in [-0.4, -0.2) is 5.91 Å². The van der Waals surface area contributed by atoms with E-state index in [0.29, 0.717) is 0 Å². The number of amides is 1. The molecule has 0 saturated carbocycles. The van der Waals surface area contributed by atoms with Crippen molar-refractivity contribution in [3.63, 3.8) is 0 Å². The Morgan fingerprint density at radius 3 is 2.15 bits per heavy atom. The minimum atomic E-state index is -0.486. The van der Waals surface area contributed by atoms with Crippen LogP contribution in [0.1, 0.15) is 15.9 Å². The quantitative estimate of drug-likeness (QED) is 0.866. The second-order valence-electron chi connectivity index (χ2n) is 3.98. The number of carbonyl (C=O) groups is 1. The molecule has 104 valence electrons. The van der Waals surface area contributed by atoms with Crippen LogP contribution in [0.5, 0.6) is 0 Å². The molecule has 6 heteroatoms. The van der Waals surface area contributed by atoms with Gasteiger partial charge in [0.15, 0.2) is 0 Å². The highest BCUT2D eigenvalue weighted by Crippen LogP contribution is 2.24. The molecule has 2 rings (SSSR count). The van der Waals surface area contributed by atoms with Crippen molar-refractivity contribution in [1.82, 2.24) is 5.32 Å². The first-order chi connectivity index (χ1) is 9.50. The molecule has 1 N–H and O–H groups in total. The second kappa shape index (κ2) is 6.44. The standard InChI is InChI=1S/C14H9Cl3FNO/c15-9-3-2-6-12(18)8(9)7-19-14(20)13-10(16)4-1-5-11(13)17/h1-6H,7H2,(H,19,20). The summed E-state index contributed by atoms with van der Waals surface area (Å²) in [7, 11) is 0. The molecule has 0 aliphatic rings. The molecule has 2 aromatic rings. The van der Waals surface area contributed by atoms with Crippen LogP contribution in [0.4, 0.5) is 4.39 Å². The van der Waals surface area contributed by atoms with Crippen molar-refractivity contribution in [1.29, 1.82) is 0 Å². The zero-order valence-electron chi connectivity index (χ0n) is 10.1. The predicted molar refractivity (Wildman–Crippen MR) is 79.0 cm³/mol. The molecule has 0 saturated heterocycles. The molecule has 0 bridgehead atoms. The third-order valence-electron chi connectivity index (χ3n) is 2.68. The summed E-state index contributed by atoms with van der Waals surface area (Å²) in [4.78, 5) is 12.0. The molecule has 1 amide bonds. The normalized spacial score (nSPS) is 10.4. The van der Waals surface area contributed by atoms with Gasteiger partial charge in [-0.1, -0.05) is 46.9 Å². The summed E-state index contributed by atoms with van der Waals surface area (Å²) in [5.41, 5.74) is 0.369. The fourth-order valence-corrected chi connectivity index (χ4v) is 2.47. The maximum absolute atomic E-state index is 13.6. The maximum atomic E-state index is 13.6. The van der Waals surface area contributed by atoms with Crippen LogP contribution in [0.2, 0.25) is 15.1 Å².